The highest BCUT2D eigenvalue weighted by molar-refractivity contribution is 6.52. The summed E-state index contributed by atoms with van der Waals surface area (Å²) < 4.78 is 0. The molecule has 0 aliphatic rings. The first-order chi connectivity index (χ1) is 7.61. The molecule has 0 aromatic heterocycles. The summed E-state index contributed by atoms with van der Waals surface area (Å²) in [5.74, 6) is 0. The molecule has 0 aliphatic heterocycles. The highest BCUT2D eigenvalue weighted by Crippen LogP contribution is 2.34. The number of allylic oxidation sites excluding steroid dienone is 1. The van der Waals surface area contributed by atoms with E-state index in [4.69, 9.17) is 40.1 Å². The van der Waals surface area contributed by atoms with Gasteiger partial charge in [0.1, 0.15) is 0 Å². The monoisotopic (exact) mass is 273 g/mol. The molecular weight excluding hydrogens is 264 g/mol. The lowest BCUT2D eigenvalue weighted by atomic mass is 10.1. The van der Waals surface area contributed by atoms with Crippen LogP contribution in [0.15, 0.2) is 23.8 Å². The molecule has 0 heterocycles. The third kappa shape index (κ3) is 2.92. The van der Waals surface area contributed by atoms with Gasteiger partial charge in [-0.3, -0.25) is 0 Å². The van der Waals surface area contributed by atoms with E-state index in [1.807, 2.05) is 6.92 Å². The molecule has 0 bridgehead atoms. The van der Waals surface area contributed by atoms with Crippen LogP contribution in [-0.4, -0.2) is 0 Å². The lowest BCUT2D eigenvalue weighted by Gasteiger charge is -2.06. The zero-order valence-corrected chi connectivity index (χ0v) is 11.0. The Hall–Kier alpha value is -0.680. The van der Waals surface area contributed by atoms with E-state index in [-0.39, 0.29) is 0 Å². The van der Waals surface area contributed by atoms with Gasteiger partial charge in [0.2, 0.25) is 0 Å². The first-order valence-electron chi connectivity index (χ1n) is 4.85. The van der Waals surface area contributed by atoms with Gasteiger partial charge in [-0.1, -0.05) is 60.3 Å². The predicted molar refractivity (Wildman–Crippen MR) is 69.8 cm³/mol. The van der Waals surface area contributed by atoms with Gasteiger partial charge >= 0.3 is 0 Å². The van der Waals surface area contributed by atoms with Crippen LogP contribution in [0.1, 0.15) is 25.3 Å². The highest BCUT2D eigenvalue weighted by Gasteiger charge is 2.11. The molecular formula is C12H10Cl3N. The van der Waals surface area contributed by atoms with Crippen LogP contribution in [-0.2, 0) is 0 Å². The van der Waals surface area contributed by atoms with Crippen molar-refractivity contribution in [3.63, 3.8) is 0 Å². The fraction of sp³-hybridized carbons (Fsp3) is 0.250. The first-order valence-corrected chi connectivity index (χ1v) is 5.98. The van der Waals surface area contributed by atoms with E-state index >= 15 is 0 Å². The summed E-state index contributed by atoms with van der Waals surface area (Å²) in [6.45, 7) is 1.99. The Bertz CT molecular complexity index is 458. The van der Waals surface area contributed by atoms with Gasteiger partial charge in [0.05, 0.1) is 21.1 Å². The molecule has 0 N–H and O–H groups in total. The van der Waals surface area contributed by atoms with Crippen molar-refractivity contribution in [1.29, 1.82) is 5.26 Å². The molecule has 0 aliphatic carbocycles. The summed E-state index contributed by atoms with van der Waals surface area (Å²) in [5, 5.41) is 10.2. The predicted octanol–water partition coefficient (Wildman–Crippen LogP) is 5.27. The highest BCUT2D eigenvalue weighted by atomic mass is 35.5. The van der Waals surface area contributed by atoms with Crippen LogP contribution in [0.4, 0.5) is 0 Å². The van der Waals surface area contributed by atoms with E-state index in [9.17, 15) is 0 Å². The average Bonchev–Trinajstić information content (AvgIpc) is 2.29. The van der Waals surface area contributed by atoms with Crippen molar-refractivity contribution in [2.45, 2.75) is 19.8 Å². The molecule has 16 heavy (non-hydrogen) atoms. The number of nitrogens with zero attached hydrogens (tertiary/aromatic N) is 1. The van der Waals surface area contributed by atoms with Crippen molar-refractivity contribution in [2.24, 2.45) is 0 Å². The maximum atomic E-state index is 8.98. The number of hydrogen-bond donors (Lipinski definition) is 0. The second-order valence-corrected chi connectivity index (χ2v) is 4.42. The fourth-order valence-corrected chi connectivity index (χ4v) is 2.04. The van der Waals surface area contributed by atoms with Crippen molar-refractivity contribution in [3.8, 4) is 6.07 Å². The Kier molecular flexibility index (Phi) is 5.15. The molecule has 1 aromatic carbocycles. The Morgan fingerprint density at radius 1 is 1.38 bits per heavy atom. The molecule has 0 saturated heterocycles. The minimum atomic E-state index is 0.386. The molecule has 0 amide bonds. The first kappa shape index (κ1) is 13.4. The lowest BCUT2D eigenvalue weighted by molar-refractivity contribution is 0.933. The zero-order valence-electron chi connectivity index (χ0n) is 8.73. The van der Waals surface area contributed by atoms with Crippen molar-refractivity contribution < 1.29 is 0 Å². The minimum Gasteiger partial charge on any atom is -0.193 e. The molecule has 4 heteroatoms. The number of halogens is 3. The molecule has 84 valence electrons. The van der Waals surface area contributed by atoms with E-state index in [1.54, 1.807) is 18.2 Å². The van der Waals surface area contributed by atoms with Gasteiger partial charge in [0.15, 0.2) is 0 Å². The van der Waals surface area contributed by atoms with Gasteiger partial charge in [-0.25, -0.2) is 0 Å². The van der Waals surface area contributed by atoms with Crippen LogP contribution in [0.3, 0.4) is 0 Å². The third-order valence-electron chi connectivity index (χ3n) is 2.09. The van der Waals surface area contributed by atoms with E-state index in [1.165, 1.54) is 0 Å². The van der Waals surface area contributed by atoms with Crippen molar-refractivity contribution in [1.82, 2.24) is 0 Å². The minimum absolute atomic E-state index is 0.386. The van der Waals surface area contributed by atoms with Crippen LogP contribution in [0, 0.1) is 11.3 Å². The van der Waals surface area contributed by atoms with Crippen LogP contribution >= 0.6 is 34.8 Å². The summed E-state index contributed by atoms with van der Waals surface area (Å²) in [5.41, 5.74) is 1.15. The Balaban J connectivity index is 3.28. The number of hydrogen-bond acceptors (Lipinski definition) is 1. The molecule has 0 unspecified atom stereocenters. The summed E-state index contributed by atoms with van der Waals surface area (Å²) in [6, 6.07) is 7.29. The SMILES string of the molecule is CCCC(C#N)=C(Cl)c1cccc(Cl)c1Cl. The zero-order chi connectivity index (χ0) is 12.1. The van der Waals surface area contributed by atoms with E-state index < -0.39 is 0 Å². The van der Waals surface area contributed by atoms with E-state index in [0.717, 1.165) is 6.42 Å². The number of benzene rings is 1. The van der Waals surface area contributed by atoms with Crippen molar-refractivity contribution >= 4 is 39.8 Å². The van der Waals surface area contributed by atoms with Gasteiger partial charge in [-0.2, -0.15) is 5.26 Å². The second kappa shape index (κ2) is 6.15. The maximum absolute atomic E-state index is 8.98. The van der Waals surface area contributed by atoms with Crippen LogP contribution < -0.4 is 0 Å². The molecule has 0 atom stereocenters. The van der Waals surface area contributed by atoms with Gasteiger partial charge in [-0.15, -0.1) is 0 Å². The molecule has 0 saturated carbocycles. The van der Waals surface area contributed by atoms with Gasteiger partial charge in [0, 0.05) is 11.1 Å². The number of nitriles is 1. The molecule has 0 radical (unpaired) electrons. The summed E-state index contributed by atoms with van der Waals surface area (Å²) in [6.07, 6.45) is 1.50. The molecule has 0 fully saturated rings. The summed E-state index contributed by atoms with van der Waals surface area (Å²) in [4.78, 5) is 0. The Morgan fingerprint density at radius 2 is 2.06 bits per heavy atom. The quantitative estimate of drug-likeness (QED) is 0.689. The van der Waals surface area contributed by atoms with Crippen LogP contribution in [0.5, 0.6) is 0 Å². The molecule has 1 nitrogen and oxygen atoms in total. The number of rotatable bonds is 3. The third-order valence-corrected chi connectivity index (χ3v) is 3.34. The Labute approximate surface area is 110 Å². The topological polar surface area (TPSA) is 23.8 Å². The van der Waals surface area contributed by atoms with E-state index in [2.05, 4.69) is 6.07 Å². The lowest BCUT2D eigenvalue weighted by Crippen LogP contribution is -1.87. The van der Waals surface area contributed by atoms with Gasteiger partial charge in [-0.05, 0) is 12.5 Å². The van der Waals surface area contributed by atoms with Crippen LogP contribution in [0.25, 0.3) is 5.03 Å². The summed E-state index contributed by atoms with van der Waals surface area (Å²) >= 11 is 18.1. The normalized spacial score (nSPS) is 11.9. The summed E-state index contributed by atoms with van der Waals surface area (Å²) in [7, 11) is 0. The molecule has 1 rings (SSSR count). The van der Waals surface area contributed by atoms with Crippen LogP contribution in [0.2, 0.25) is 10.0 Å². The van der Waals surface area contributed by atoms with Gasteiger partial charge in [0.25, 0.3) is 0 Å². The molecule has 1 aromatic rings. The van der Waals surface area contributed by atoms with Gasteiger partial charge < -0.3 is 0 Å². The van der Waals surface area contributed by atoms with E-state index in [0.29, 0.717) is 32.6 Å². The molecule has 0 spiro atoms. The van der Waals surface area contributed by atoms with Crippen molar-refractivity contribution in [2.75, 3.05) is 0 Å². The standard InChI is InChI=1S/C12H10Cl3N/c1-2-4-8(7-16)11(14)9-5-3-6-10(13)12(9)15/h3,5-6H,2,4H2,1H3. The fourth-order valence-electron chi connectivity index (χ4n) is 1.30. The average molecular weight is 275 g/mol. The Morgan fingerprint density at radius 3 is 2.62 bits per heavy atom. The maximum Gasteiger partial charge on any atom is 0.0962 e. The smallest absolute Gasteiger partial charge is 0.0962 e. The second-order valence-electron chi connectivity index (χ2n) is 3.26. The largest absolute Gasteiger partial charge is 0.193 e. The van der Waals surface area contributed by atoms with Crippen molar-refractivity contribution in [3.05, 3.63) is 39.4 Å².